The first kappa shape index (κ1) is 20.4. The summed E-state index contributed by atoms with van der Waals surface area (Å²) in [6, 6.07) is 6.15. The van der Waals surface area contributed by atoms with Gasteiger partial charge in [-0.05, 0) is 43.9 Å². The second-order valence-corrected chi connectivity index (χ2v) is 8.31. The van der Waals surface area contributed by atoms with E-state index in [4.69, 9.17) is 4.98 Å². The van der Waals surface area contributed by atoms with Crippen LogP contribution in [0.4, 0.5) is 10.2 Å². The van der Waals surface area contributed by atoms with Crippen LogP contribution in [-0.2, 0) is 29.1 Å². The molecule has 0 radical (unpaired) electrons. The lowest BCUT2D eigenvalue weighted by atomic mass is 10.0. The number of benzene rings is 1. The lowest BCUT2D eigenvalue weighted by molar-refractivity contribution is -0.134. The molecule has 0 bridgehead atoms. The number of halogens is 1. The standard InChI is InChI=1S/C23H27FN4O2/c1-15-19-11-12-21(29)28(13-16-7-9-18(24)10-8-16)22(19)26-20(25-15)14-27(2)23(30)17-5-3-4-6-17/h7-10,17H,3-6,11-14H2,1-2H3. The third-order valence-electron chi connectivity index (χ3n) is 6.10. The maximum atomic E-state index is 13.3. The molecule has 1 aliphatic heterocycles. The maximum absolute atomic E-state index is 13.3. The van der Waals surface area contributed by atoms with Crippen LogP contribution in [0.3, 0.4) is 0 Å². The van der Waals surface area contributed by atoms with Crippen molar-refractivity contribution in [1.29, 1.82) is 0 Å². The zero-order valence-corrected chi connectivity index (χ0v) is 17.5. The molecule has 2 amide bonds. The number of anilines is 1. The van der Waals surface area contributed by atoms with E-state index in [-0.39, 0.29) is 23.5 Å². The molecule has 0 atom stereocenters. The van der Waals surface area contributed by atoms with Gasteiger partial charge in [-0.15, -0.1) is 0 Å². The molecular formula is C23H27FN4O2. The fourth-order valence-electron chi connectivity index (χ4n) is 4.42. The molecule has 158 valence electrons. The third-order valence-corrected chi connectivity index (χ3v) is 6.10. The van der Waals surface area contributed by atoms with Crippen molar-refractivity contribution < 1.29 is 14.0 Å². The van der Waals surface area contributed by atoms with E-state index in [1.165, 1.54) is 12.1 Å². The Balaban J connectivity index is 1.58. The summed E-state index contributed by atoms with van der Waals surface area (Å²) in [4.78, 5) is 38.0. The Morgan fingerprint density at radius 3 is 2.57 bits per heavy atom. The van der Waals surface area contributed by atoms with Gasteiger partial charge in [0.2, 0.25) is 11.8 Å². The van der Waals surface area contributed by atoms with E-state index in [1.54, 1.807) is 29.0 Å². The van der Waals surface area contributed by atoms with Gasteiger partial charge < -0.3 is 4.90 Å². The summed E-state index contributed by atoms with van der Waals surface area (Å²) >= 11 is 0. The Morgan fingerprint density at radius 2 is 1.87 bits per heavy atom. The molecule has 1 aromatic carbocycles. The summed E-state index contributed by atoms with van der Waals surface area (Å²) in [6.45, 7) is 2.58. The van der Waals surface area contributed by atoms with Crippen LogP contribution in [0.5, 0.6) is 0 Å². The molecule has 2 aliphatic rings. The van der Waals surface area contributed by atoms with Gasteiger partial charge in [0.1, 0.15) is 17.5 Å². The van der Waals surface area contributed by atoms with Crippen molar-refractivity contribution in [2.75, 3.05) is 11.9 Å². The number of hydrogen-bond donors (Lipinski definition) is 0. The van der Waals surface area contributed by atoms with Crippen molar-refractivity contribution in [2.45, 2.75) is 58.5 Å². The average Bonchev–Trinajstić information content (AvgIpc) is 3.26. The summed E-state index contributed by atoms with van der Waals surface area (Å²) in [5.74, 6) is 1.08. The molecular weight excluding hydrogens is 383 g/mol. The van der Waals surface area contributed by atoms with Gasteiger partial charge in [0.05, 0.1) is 13.1 Å². The normalized spacial score (nSPS) is 16.6. The predicted octanol–water partition coefficient (Wildman–Crippen LogP) is 3.55. The van der Waals surface area contributed by atoms with Crippen LogP contribution in [0.2, 0.25) is 0 Å². The van der Waals surface area contributed by atoms with E-state index in [1.807, 2.05) is 6.92 Å². The zero-order chi connectivity index (χ0) is 21.3. The quantitative estimate of drug-likeness (QED) is 0.756. The van der Waals surface area contributed by atoms with E-state index >= 15 is 0 Å². The number of aryl methyl sites for hydroxylation is 1. The van der Waals surface area contributed by atoms with Crippen molar-refractivity contribution in [3.05, 3.63) is 52.7 Å². The molecule has 4 rings (SSSR count). The maximum Gasteiger partial charge on any atom is 0.228 e. The van der Waals surface area contributed by atoms with Crippen LogP contribution in [0.1, 0.15) is 54.7 Å². The Kier molecular flexibility index (Phi) is 5.79. The largest absolute Gasteiger partial charge is 0.338 e. The fourth-order valence-corrected chi connectivity index (χ4v) is 4.42. The smallest absolute Gasteiger partial charge is 0.228 e. The van der Waals surface area contributed by atoms with Crippen molar-refractivity contribution in [3.63, 3.8) is 0 Å². The van der Waals surface area contributed by atoms with E-state index in [9.17, 15) is 14.0 Å². The molecule has 0 unspecified atom stereocenters. The highest BCUT2D eigenvalue weighted by atomic mass is 19.1. The molecule has 30 heavy (non-hydrogen) atoms. The van der Waals surface area contributed by atoms with Gasteiger partial charge in [-0.1, -0.05) is 25.0 Å². The summed E-state index contributed by atoms with van der Waals surface area (Å²) in [5, 5.41) is 0. The Bertz CT molecular complexity index is 954. The van der Waals surface area contributed by atoms with Gasteiger partial charge in [0.25, 0.3) is 0 Å². The van der Waals surface area contributed by atoms with E-state index in [0.717, 1.165) is 42.5 Å². The highest BCUT2D eigenvalue weighted by Crippen LogP contribution is 2.30. The Hall–Kier alpha value is -2.83. The number of nitrogens with zero attached hydrogens (tertiary/aromatic N) is 4. The van der Waals surface area contributed by atoms with E-state index in [0.29, 0.717) is 37.6 Å². The molecule has 2 heterocycles. The molecule has 6 nitrogen and oxygen atoms in total. The highest BCUT2D eigenvalue weighted by Gasteiger charge is 2.30. The van der Waals surface area contributed by atoms with Crippen LogP contribution < -0.4 is 4.90 Å². The number of carbonyl (C=O) groups excluding carboxylic acids is 2. The molecule has 0 N–H and O–H groups in total. The SMILES string of the molecule is Cc1nc(CN(C)C(=O)C2CCCC2)nc2c1CCC(=O)N2Cc1ccc(F)cc1. The second-order valence-electron chi connectivity index (χ2n) is 8.31. The molecule has 0 spiro atoms. The Labute approximate surface area is 176 Å². The Morgan fingerprint density at radius 1 is 1.17 bits per heavy atom. The second kappa shape index (κ2) is 8.50. The van der Waals surface area contributed by atoms with Gasteiger partial charge in [-0.3, -0.25) is 14.5 Å². The predicted molar refractivity (Wildman–Crippen MR) is 111 cm³/mol. The molecule has 1 aliphatic carbocycles. The van der Waals surface area contributed by atoms with Crippen LogP contribution in [0.25, 0.3) is 0 Å². The first-order chi connectivity index (χ1) is 14.4. The summed E-state index contributed by atoms with van der Waals surface area (Å²) in [5.41, 5.74) is 2.64. The minimum Gasteiger partial charge on any atom is -0.338 e. The van der Waals surface area contributed by atoms with Gasteiger partial charge in [-0.2, -0.15) is 0 Å². The first-order valence-corrected chi connectivity index (χ1v) is 10.6. The van der Waals surface area contributed by atoms with Crippen molar-refractivity contribution in [1.82, 2.24) is 14.9 Å². The minimum absolute atomic E-state index is 0.00809. The van der Waals surface area contributed by atoms with Gasteiger partial charge in [-0.25, -0.2) is 14.4 Å². The lowest BCUT2D eigenvalue weighted by Gasteiger charge is -2.30. The molecule has 7 heteroatoms. The third kappa shape index (κ3) is 4.20. The lowest BCUT2D eigenvalue weighted by Crippen LogP contribution is -2.37. The average molecular weight is 410 g/mol. The number of rotatable bonds is 5. The minimum atomic E-state index is -0.306. The van der Waals surface area contributed by atoms with Crippen LogP contribution in [0.15, 0.2) is 24.3 Å². The molecule has 1 aromatic heterocycles. The zero-order valence-electron chi connectivity index (χ0n) is 17.5. The molecule has 2 aromatic rings. The molecule has 1 fully saturated rings. The van der Waals surface area contributed by atoms with Gasteiger partial charge in [0, 0.05) is 30.6 Å². The number of amides is 2. The molecule has 0 saturated heterocycles. The summed E-state index contributed by atoms with van der Waals surface area (Å²) in [7, 11) is 1.79. The van der Waals surface area contributed by atoms with E-state index in [2.05, 4.69) is 4.98 Å². The number of fused-ring (bicyclic) bond motifs is 1. The van der Waals surface area contributed by atoms with Gasteiger partial charge in [0.15, 0.2) is 0 Å². The summed E-state index contributed by atoms with van der Waals surface area (Å²) in [6.07, 6.45) is 5.13. The number of hydrogen-bond acceptors (Lipinski definition) is 4. The topological polar surface area (TPSA) is 66.4 Å². The van der Waals surface area contributed by atoms with Crippen LogP contribution in [-0.4, -0.2) is 33.7 Å². The van der Waals surface area contributed by atoms with Crippen molar-refractivity contribution >= 4 is 17.6 Å². The summed E-state index contributed by atoms with van der Waals surface area (Å²) < 4.78 is 13.3. The van der Waals surface area contributed by atoms with Crippen molar-refractivity contribution in [3.8, 4) is 0 Å². The number of aromatic nitrogens is 2. The highest BCUT2D eigenvalue weighted by molar-refractivity contribution is 5.95. The molecule has 1 saturated carbocycles. The number of carbonyl (C=O) groups is 2. The van der Waals surface area contributed by atoms with E-state index < -0.39 is 0 Å². The van der Waals surface area contributed by atoms with Crippen LogP contribution >= 0.6 is 0 Å². The van der Waals surface area contributed by atoms with Gasteiger partial charge >= 0.3 is 0 Å². The monoisotopic (exact) mass is 410 g/mol. The fraction of sp³-hybridized carbons (Fsp3) is 0.478. The van der Waals surface area contributed by atoms with Crippen molar-refractivity contribution in [2.24, 2.45) is 5.92 Å². The first-order valence-electron chi connectivity index (χ1n) is 10.6. The van der Waals surface area contributed by atoms with Crippen LogP contribution in [0, 0.1) is 18.7 Å².